The Morgan fingerprint density at radius 2 is 2.18 bits per heavy atom. The van der Waals surface area contributed by atoms with Crippen molar-refractivity contribution in [2.24, 2.45) is 0 Å². The molecule has 4 heteroatoms. The van der Waals surface area contributed by atoms with Crippen LogP contribution in [0.15, 0.2) is 24.3 Å². The summed E-state index contributed by atoms with van der Waals surface area (Å²) < 4.78 is 5.61. The van der Waals surface area contributed by atoms with Crippen molar-refractivity contribution in [3.63, 3.8) is 0 Å². The van der Waals surface area contributed by atoms with E-state index in [1.54, 1.807) is 6.92 Å². The Balaban J connectivity index is 1.84. The molecular formula is C13H18ClNO2. The van der Waals surface area contributed by atoms with Gasteiger partial charge in [0.05, 0.1) is 18.8 Å². The van der Waals surface area contributed by atoms with Crippen LogP contribution in [0.1, 0.15) is 12.5 Å². The highest BCUT2D eigenvalue weighted by atomic mass is 35.5. The molecule has 1 fully saturated rings. The molecule has 1 aliphatic rings. The molecule has 0 aromatic heterocycles. The molecule has 1 aromatic rings. The Bertz CT molecular complexity index is 345. The van der Waals surface area contributed by atoms with E-state index in [1.807, 2.05) is 24.3 Å². The Morgan fingerprint density at radius 1 is 1.47 bits per heavy atom. The maximum Gasteiger partial charge on any atom is 0.0955 e. The third-order valence-corrected chi connectivity index (χ3v) is 3.30. The molecule has 1 saturated heterocycles. The first kappa shape index (κ1) is 12.8. The summed E-state index contributed by atoms with van der Waals surface area (Å²) in [4.78, 5) is 0. The topological polar surface area (TPSA) is 41.5 Å². The molecule has 3 atom stereocenters. The van der Waals surface area contributed by atoms with Crippen LogP contribution in [0.2, 0.25) is 5.02 Å². The summed E-state index contributed by atoms with van der Waals surface area (Å²) in [5, 5.41) is 13.6. The smallest absolute Gasteiger partial charge is 0.0955 e. The SMILES string of the molecule is C[C@H](O)[C@H]1CN[C@@H](Cc2ccc(Cl)cc2)CO1. The number of halogens is 1. The molecule has 0 bridgehead atoms. The molecule has 1 aliphatic heterocycles. The third-order valence-electron chi connectivity index (χ3n) is 3.05. The number of aliphatic hydroxyl groups is 1. The first-order valence-electron chi connectivity index (χ1n) is 5.92. The van der Waals surface area contributed by atoms with E-state index in [1.165, 1.54) is 5.56 Å². The number of benzene rings is 1. The normalized spacial score (nSPS) is 26.8. The second kappa shape index (κ2) is 5.83. The number of hydrogen-bond acceptors (Lipinski definition) is 3. The quantitative estimate of drug-likeness (QED) is 0.863. The zero-order chi connectivity index (χ0) is 12.3. The van der Waals surface area contributed by atoms with Crippen molar-refractivity contribution in [2.75, 3.05) is 13.2 Å². The van der Waals surface area contributed by atoms with Gasteiger partial charge in [0.1, 0.15) is 0 Å². The lowest BCUT2D eigenvalue weighted by Gasteiger charge is -2.31. The highest BCUT2D eigenvalue weighted by Crippen LogP contribution is 2.13. The minimum absolute atomic E-state index is 0.0866. The van der Waals surface area contributed by atoms with Gasteiger partial charge in [-0.15, -0.1) is 0 Å². The first-order chi connectivity index (χ1) is 8.15. The fraction of sp³-hybridized carbons (Fsp3) is 0.538. The van der Waals surface area contributed by atoms with Crippen molar-refractivity contribution in [3.05, 3.63) is 34.9 Å². The summed E-state index contributed by atoms with van der Waals surface area (Å²) in [6.45, 7) is 3.10. The molecule has 2 N–H and O–H groups in total. The van der Waals surface area contributed by atoms with Crippen LogP contribution in [0.5, 0.6) is 0 Å². The standard InChI is InChI=1S/C13H18ClNO2/c1-9(16)13-7-15-12(8-17-13)6-10-2-4-11(14)5-3-10/h2-5,9,12-13,15-16H,6-8H2,1H3/t9-,12-,13+/m0/s1. The van der Waals surface area contributed by atoms with E-state index in [9.17, 15) is 5.11 Å². The zero-order valence-electron chi connectivity index (χ0n) is 9.90. The molecule has 1 aromatic carbocycles. The molecule has 0 amide bonds. The van der Waals surface area contributed by atoms with Crippen LogP contribution < -0.4 is 5.32 Å². The molecule has 0 spiro atoms. The van der Waals surface area contributed by atoms with Crippen molar-refractivity contribution in [1.82, 2.24) is 5.32 Å². The molecule has 0 radical (unpaired) electrons. The summed E-state index contributed by atoms with van der Waals surface area (Å²) in [6.07, 6.45) is 0.416. The van der Waals surface area contributed by atoms with E-state index >= 15 is 0 Å². The Hall–Kier alpha value is -0.610. The van der Waals surface area contributed by atoms with Gasteiger partial charge in [0.25, 0.3) is 0 Å². The van der Waals surface area contributed by atoms with Crippen LogP contribution in [0, 0.1) is 0 Å². The molecule has 3 nitrogen and oxygen atoms in total. The summed E-state index contributed by atoms with van der Waals surface area (Å²) in [5.41, 5.74) is 1.24. The van der Waals surface area contributed by atoms with E-state index in [2.05, 4.69) is 5.32 Å². The first-order valence-corrected chi connectivity index (χ1v) is 6.30. The average molecular weight is 256 g/mol. The Morgan fingerprint density at radius 3 is 2.71 bits per heavy atom. The van der Waals surface area contributed by atoms with Gasteiger partial charge in [-0.3, -0.25) is 0 Å². The van der Waals surface area contributed by atoms with E-state index in [0.29, 0.717) is 19.2 Å². The summed E-state index contributed by atoms with van der Waals surface area (Å²) in [7, 11) is 0. The van der Waals surface area contributed by atoms with E-state index in [0.717, 1.165) is 11.4 Å². The number of hydrogen-bond donors (Lipinski definition) is 2. The number of nitrogens with one attached hydrogen (secondary N) is 1. The van der Waals surface area contributed by atoms with Crippen LogP contribution in [0.3, 0.4) is 0 Å². The molecule has 1 heterocycles. The van der Waals surface area contributed by atoms with Gasteiger partial charge < -0.3 is 15.2 Å². The molecule has 0 saturated carbocycles. The average Bonchev–Trinajstić information content (AvgIpc) is 2.33. The van der Waals surface area contributed by atoms with Crippen LogP contribution in [0.25, 0.3) is 0 Å². The molecule has 2 rings (SSSR count). The second-order valence-corrected chi connectivity index (χ2v) is 4.98. The molecule has 0 unspecified atom stereocenters. The lowest BCUT2D eigenvalue weighted by atomic mass is 10.0. The van der Waals surface area contributed by atoms with Gasteiger partial charge in [-0.2, -0.15) is 0 Å². The zero-order valence-corrected chi connectivity index (χ0v) is 10.7. The molecular weight excluding hydrogens is 238 g/mol. The fourth-order valence-corrected chi connectivity index (χ4v) is 2.11. The minimum Gasteiger partial charge on any atom is -0.391 e. The Labute approximate surface area is 107 Å². The van der Waals surface area contributed by atoms with Crippen LogP contribution in [-0.4, -0.2) is 36.5 Å². The number of ether oxygens (including phenoxy) is 1. The maximum atomic E-state index is 9.40. The van der Waals surface area contributed by atoms with Crippen molar-refractivity contribution in [1.29, 1.82) is 0 Å². The predicted octanol–water partition coefficient (Wildman–Crippen LogP) is 1.62. The molecule has 17 heavy (non-hydrogen) atoms. The lowest BCUT2D eigenvalue weighted by Crippen LogP contribution is -2.50. The van der Waals surface area contributed by atoms with Gasteiger partial charge in [-0.1, -0.05) is 23.7 Å². The van der Waals surface area contributed by atoms with Crippen LogP contribution in [0.4, 0.5) is 0 Å². The van der Waals surface area contributed by atoms with E-state index < -0.39 is 6.10 Å². The summed E-state index contributed by atoms with van der Waals surface area (Å²) >= 11 is 5.84. The fourth-order valence-electron chi connectivity index (χ4n) is 1.99. The predicted molar refractivity (Wildman–Crippen MR) is 68.4 cm³/mol. The van der Waals surface area contributed by atoms with Crippen molar-refractivity contribution in [3.8, 4) is 0 Å². The largest absolute Gasteiger partial charge is 0.391 e. The number of aliphatic hydroxyl groups excluding tert-OH is 1. The van der Waals surface area contributed by atoms with Gasteiger partial charge in [0.2, 0.25) is 0 Å². The monoisotopic (exact) mass is 255 g/mol. The summed E-state index contributed by atoms with van der Waals surface area (Å²) in [5.74, 6) is 0. The number of morpholine rings is 1. The summed E-state index contributed by atoms with van der Waals surface area (Å²) in [6, 6.07) is 8.18. The Kier molecular flexibility index (Phi) is 4.40. The lowest BCUT2D eigenvalue weighted by molar-refractivity contribution is -0.0595. The highest BCUT2D eigenvalue weighted by molar-refractivity contribution is 6.30. The van der Waals surface area contributed by atoms with Gasteiger partial charge in [0, 0.05) is 17.6 Å². The van der Waals surface area contributed by atoms with Gasteiger partial charge in [-0.25, -0.2) is 0 Å². The van der Waals surface area contributed by atoms with Crippen molar-refractivity contribution < 1.29 is 9.84 Å². The maximum absolute atomic E-state index is 9.40. The highest BCUT2D eigenvalue weighted by Gasteiger charge is 2.24. The molecule has 0 aliphatic carbocycles. The van der Waals surface area contributed by atoms with Crippen LogP contribution in [-0.2, 0) is 11.2 Å². The minimum atomic E-state index is -0.418. The van der Waals surface area contributed by atoms with Gasteiger partial charge in [0.15, 0.2) is 0 Å². The van der Waals surface area contributed by atoms with E-state index in [-0.39, 0.29) is 6.10 Å². The van der Waals surface area contributed by atoms with E-state index in [4.69, 9.17) is 16.3 Å². The molecule has 94 valence electrons. The number of rotatable bonds is 3. The second-order valence-electron chi connectivity index (χ2n) is 4.55. The van der Waals surface area contributed by atoms with Gasteiger partial charge in [-0.05, 0) is 31.0 Å². The van der Waals surface area contributed by atoms with Crippen molar-refractivity contribution >= 4 is 11.6 Å². The van der Waals surface area contributed by atoms with Gasteiger partial charge >= 0.3 is 0 Å². The van der Waals surface area contributed by atoms with Crippen molar-refractivity contribution in [2.45, 2.75) is 31.6 Å². The van der Waals surface area contributed by atoms with Crippen LogP contribution >= 0.6 is 11.6 Å². The third kappa shape index (κ3) is 3.68.